The normalized spacial score (nSPS) is 15.7. The minimum Gasteiger partial charge on any atom is -0.450 e. The van der Waals surface area contributed by atoms with Crippen LogP contribution in [0.3, 0.4) is 0 Å². The summed E-state index contributed by atoms with van der Waals surface area (Å²) in [5.41, 5.74) is 0.932. The van der Waals surface area contributed by atoms with Gasteiger partial charge in [0.2, 0.25) is 0 Å². The molecular weight excluding hydrogens is 291 g/mol. The maximum atomic E-state index is 12.4. The number of hydrogen-bond acceptors (Lipinski definition) is 3. The van der Waals surface area contributed by atoms with Crippen molar-refractivity contribution in [3.63, 3.8) is 0 Å². The SMILES string of the molecule is CCOC(=O)N1CCc2cc(CC(F)(F)F)sc2CC1. The fraction of sp³-hybridized carbons (Fsp3) is 0.615. The molecule has 0 N–H and O–H groups in total. The van der Waals surface area contributed by atoms with Gasteiger partial charge in [-0.25, -0.2) is 4.79 Å². The van der Waals surface area contributed by atoms with Crippen molar-refractivity contribution in [2.45, 2.75) is 32.4 Å². The highest BCUT2D eigenvalue weighted by atomic mass is 32.1. The summed E-state index contributed by atoms with van der Waals surface area (Å²) in [6.07, 6.45) is -4.20. The van der Waals surface area contributed by atoms with E-state index in [1.807, 2.05) is 0 Å². The Labute approximate surface area is 119 Å². The van der Waals surface area contributed by atoms with E-state index in [0.29, 0.717) is 37.4 Å². The molecule has 1 aromatic rings. The molecule has 2 rings (SSSR count). The number of thiophene rings is 1. The minimum absolute atomic E-state index is 0.326. The summed E-state index contributed by atoms with van der Waals surface area (Å²) < 4.78 is 42.1. The number of carbonyl (C=O) groups is 1. The van der Waals surface area contributed by atoms with Crippen molar-refractivity contribution in [3.8, 4) is 0 Å². The number of ether oxygens (including phenoxy) is 1. The van der Waals surface area contributed by atoms with E-state index in [1.54, 1.807) is 17.9 Å². The van der Waals surface area contributed by atoms with Gasteiger partial charge in [0.25, 0.3) is 0 Å². The van der Waals surface area contributed by atoms with Crippen LogP contribution in [0, 0.1) is 0 Å². The van der Waals surface area contributed by atoms with Crippen LogP contribution in [0.25, 0.3) is 0 Å². The first-order chi connectivity index (χ1) is 9.39. The molecular formula is C13H16F3NO2S. The van der Waals surface area contributed by atoms with Crippen molar-refractivity contribution in [1.82, 2.24) is 4.90 Å². The van der Waals surface area contributed by atoms with Gasteiger partial charge in [0.05, 0.1) is 13.0 Å². The predicted molar refractivity (Wildman–Crippen MR) is 70.1 cm³/mol. The highest BCUT2D eigenvalue weighted by molar-refractivity contribution is 7.12. The monoisotopic (exact) mass is 307 g/mol. The summed E-state index contributed by atoms with van der Waals surface area (Å²) >= 11 is 1.20. The molecule has 1 amide bonds. The standard InChI is InChI=1S/C13H16F3NO2S/c1-2-19-12(18)17-5-3-9-7-10(8-13(14,15)16)20-11(9)4-6-17/h7H,2-6,8H2,1H3. The van der Waals surface area contributed by atoms with Gasteiger partial charge in [-0.1, -0.05) is 0 Å². The first-order valence-corrected chi connectivity index (χ1v) is 7.29. The van der Waals surface area contributed by atoms with Crippen LogP contribution in [-0.4, -0.2) is 36.9 Å². The summed E-state index contributed by atoms with van der Waals surface area (Å²) in [5.74, 6) is 0. The van der Waals surface area contributed by atoms with E-state index in [0.717, 1.165) is 10.4 Å². The van der Waals surface area contributed by atoms with Crippen LogP contribution in [-0.2, 0) is 24.0 Å². The lowest BCUT2D eigenvalue weighted by atomic mass is 10.1. The smallest absolute Gasteiger partial charge is 0.409 e. The van der Waals surface area contributed by atoms with Gasteiger partial charge in [0, 0.05) is 22.8 Å². The maximum Gasteiger partial charge on any atom is 0.409 e. The number of alkyl halides is 3. The van der Waals surface area contributed by atoms with Gasteiger partial charge in [-0.05, 0) is 31.4 Å². The van der Waals surface area contributed by atoms with Crippen molar-refractivity contribution in [1.29, 1.82) is 0 Å². The lowest BCUT2D eigenvalue weighted by Gasteiger charge is -2.19. The third kappa shape index (κ3) is 3.88. The first kappa shape index (κ1) is 15.2. The Kier molecular flexibility index (Phi) is 4.57. The molecule has 0 spiro atoms. The number of halogens is 3. The zero-order chi connectivity index (χ0) is 14.8. The maximum absolute atomic E-state index is 12.4. The van der Waals surface area contributed by atoms with E-state index in [2.05, 4.69) is 0 Å². The second-order valence-electron chi connectivity index (χ2n) is 4.64. The van der Waals surface area contributed by atoms with Crippen LogP contribution >= 0.6 is 11.3 Å². The Morgan fingerprint density at radius 3 is 2.75 bits per heavy atom. The number of fused-ring (bicyclic) bond motifs is 1. The fourth-order valence-corrected chi connectivity index (χ4v) is 3.48. The largest absolute Gasteiger partial charge is 0.450 e. The van der Waals surface area contributed by atoms with E-state index >= 15 is 0 Å². The number of amides is 1. The van der Waals surface area contributed by atoms with Crippen LogP contribution in [0.5, 0.6) is 0 Å². The van der Waals surface area contributed by atoms with E-state index in [4.69, 9.17) is 4.74 Å². The van der Waals surface area contributed by atoms with E-state index in [9.17, 15) is 18.0 Å². The van der Waals surface area contributed by atoms with Gasteiger partial charge in [-0.3, -0.25) is 0 Å². The lowest BCUT2D eigenvalue weighted by Crippen LogP contribution is -2.33. The zero-order valence-electron chi connectivity index (χ0n) is 11.1. The van der Waals surface area contributed by atoms with Crippen LogP contribution < -0.4 is 0 Å². The van der Waals surface area contributed by atoms with Crippen molar-refractivity contribution in [3.05, 3.63) is 21.4 Å². The minimum atomic E-state index is -4.17. The van der Waals surface area contributed by atoms with Crippen LogP contribution in [0.2, 0.25) is 0 Å². The third-order valence-electron chi connectivity index (χ3n) is 3.11. The molecule has 7 heteroatoms. The molecule has 3 nitrogen and oxygen atoms in total. The molecule has 1 aliphatic heterocycles. The average molecular weight is 307 g/mol. The predicted octanol–water partition coefficient (Wildman–Crippen LogP) is 3.41. The summed E-state index contributed by atoms with van der Waals surface area (Å²) in [6, 6.07) is 1.63. The number of hydrogen-bond donors (Lipinski definition) is 0. The first-order valence-electron chi connectivity index (χ1n) is 6.48. The third-order valence-corrected chi connectivity index (χ3v) is 4.35. The lowest BCUT2D eigenvalue weighted by molar-refractivity contribution is -0.126. The van der Waals surface area contributed by atoms with Crippen LogP contribution in [0.1, 0.15) is 22.2 Å². The molecule has 1 aliphatic rings. The molecule has 0 aromatic carbocycles. The summed E-state index contributed by atoms with van der Waals surface area (Å²) in [5, 5.41) is 0. The molecule has 0 atom stereocenters. The highest BCUT2D eigenvalue weighted by Crippen LogP contribution is 2.31. The van der Waals surface area contributed by atoms with Gasteiger partial charge in [-0.15, -0.1) is 11.3 Å². The van der Waals surface area contributed by atoms with Gasteiger partial charge >= 0.3 is 12.3 Å². The quantitative estimate of drug-likeness (QED) is 0.838. The average Bonchev–Trinajstić information content (AvgIpc) is 2.58. The van der Waals surface area contributed by atoms with Crippen LogP contribution in [0.15, 0.2) is 6.07 Å². The van der Waals surface area contributed by atoms with Crippen molar-refractivity contribution >= 4 is 17.4 Å². The van der Waals surface area contributed by atoms with Gasteiger partial charge in [0.1, 0.15) is 0 Å². The molecule has 0 bridgehead atoms. The Morgan fingerprint density at radius 1 is 1.40 bits per heavy atom. The van der Waals surface area contributed by atoms with Gasteiger partial charge < -0.3 is 9.64 Å². The van der Waals surface area contributed by atoms with Crippen molar-refractivity contribution < 1.29 is 22.7 Å². The van der Waals surface area contributed by atoms with Crippen LogP contribution in [0.4, 0.5) is 18.0 Å². The molecule has 20 heavy (non-hydrogen) atoms. The molecule has 0 unspecified atom stereocenters. The number of carbonyl (C=O) groups excluding carboxylic acids is 1. The summed E-state index contributed by atoms with van der Waals surface area (Å²) in [7, 11) is 0. The molecule has 1 aromatic heterocycles. The fourth-order valence-electron chi connectivity index (χ4n) is 2.24. The van der Waals surface area contributed by atoms with E-state index in [1.165, 1.54) is 11.3 Å². The van der Waals surface area contributed by atoms with E-state index < -0.39 is 12.6 Å². The Morgan fingerprint density at radius 2 is 2.10 bits per heavy atom. The molecule has 0 aliphatic carbocycles. The number of nitrogens with zero attached hydrogens (tertiary/aromatic N) is 1. The zero-order valence-corrected chi connectivity index (χ0v) is 11.9. The summed E-state index contributed by atoms with van der Waals surface area (Å²) in [4.78, 5) is 14.6. The molecule has 0 saturated heterocycles. The van der Waals surface area contributed by atoms with Crippen molar-refractivity contribution in [2.24, 2.45) is 0 Å². The van der Waals surface area contributed by atoms with E-state index in [-0.39, 0.29) is 6.09 Å². The second-order valence-corrected chi connectivity index (χ2v) is 5.86. The molecule has 2 heterocycles. The summed E-state index contributed by atoms with van der Waals surface area (Å²) in [6.45, 7) is 3.06. The second kappa shape index (κ2) is 6.03. The van der Waals surface area contributed by atoms with Crippen molar-refractivity contribution in [2.75, 3.05) is 19.7 Å². The topological polar surface area (TPSA) is 29.5 Å². The number of rotatable bonds is 2. The Hall–Kier alpha value is -1.24. The molecule has 0 fully saturated rings. The highest BCUT2D eigenvalue weighted by Gasteiger charge is 2.30. The molecule has 0 saturated carbocycles. The van der Waals surface area contributed by atoms with Gasteiger partial charge in [-0.2, -0.15) is 13.2 Å². The Balaban J connectivity index is 2.02. The Bertz CT molecular complexity index is 459. The molecule has 112 valence electrons. The van der Waals surface area contributed by atoms with Gasteiger partial charge in [0.15, 0.2) is 0 Å². The molecule has 0 radical (unpaired) electrons.